The third-order valence-electron chi connectivity index (χ3n) is 5.05. The van der Waals surface area contributed by atoms with Crippen LogP contribution >= 0.6 is 0 Å². The van der Waals surface area contributed by atoms with Crippen molar-refractivity contribution in [3.8, 4) is 0 Å². The van der Waals surface area contributed by atoms with E-state index in [1.807, 2.05) is 25.1 Å². The number of likely N-dealkylation sites (N-methyl/N-ethyl adjacent to an activating group) is 1. The second-order valence-electron chi connectivity index (χ2n) is 7.08. The number of rotatable bonds is 11. The molecule has 29 heavy (non-hydrogen) atoms. The number of carboxylic acid groups (broad SMARTS) is 1. The maximum atomic E-state index is 13.7. The molecule has 0 aliphatic rings. The lowest BCUT2D eigenvalue weighted by molar-refractivity contribution is -0.139. The van der Waals surface area contributed by atoms with Crippen LogP contribution in [0.15, 0.2) is 47.4 Å². The van der Waals surface area contributed by atoms with E-state index in [-0.39, 0.29) is 11.3 Å². The van der Waals surface area contributed by atoms with E-state index in [0.717, 1.165) is 11.8 Å². The number of sulfone groups is 1. The molecule has 8 heteroatoms. The Bertz CT molecular complexity index is 969. The SMILES string of the molecule is CCCCC(C(NC)C(=O)[C@@H](N)CC(=O)O)S(=O)(=O)c1cccc2ccccc12. The Labute approximate surface area is 171 Å². The molecular formula is C21H28N2O5S. The molecule has 3 atom stereocenters. The summed E-state index contributed by atoms with van der Waals surface area (Å²) in [6.45, 7) is 1.94. The number of nitrogens with one attached hydrogen (secondary N) is 1. The van der Waals surface area contributed by atoms with Gasteiger partial charge >= 0.3 is 5.97 Å². The summed E-state index contributed by atoms with van der Waals surface area (Å²) in [7, 11) is -2.41. The first-order valence-electron chi connectivity index (χ1n) is 9.64. The zero-order valence-corrected chi connectivity index (χ0v) is 17.5. The zero-order valence-electron chi connectivity index (χ0n) is 16.7. The Hall–Kier alpha value is -2.29. The maximum Gasteiger partial charge on any atom is 0.305 e. The van der Waals surface area contributed by atoms with E-state index in [1.165, 1.54) is 7.05 Å². The number of hydrogen-bond acceptors (Lipinski definition) is 6. The summed E-state index contributed by atoms with van der Waals surface area (Å²) in [6.07, 6.45) is 1.08. The van der Waals surface area contributed by atoms with Crippen LogP contribution in [0.3, 0.4) is 0 Å². The quantitative estimate of drug-likeness (QED) is 0.508. The molecule has 0 saturated carbocycles. The molecule has 0 aliphatic heterocycles. The van der Waals surface area contributed by atoms with Gasteiger partial charge in [-0.2, -0.15) is 0 Å². The molecule has 0 heterocycles. The molecular weight excluding hydrogens is 392 g/mol. The van der Waals surface area contributed by atoms with Gasteiger partial charge in [-0.05, 0) is 24.9 Å². The Morgan fingerprint density at radius 2 is 1.79 bits per heavy atom. The molecule has 2 aromatic carbocycles. The topological polar surface area (TPSA) is 127 Å². The first-order chi connectivity index (χ1) is 13.7. The lowest BCUT2D eigenvalue weighted by Gasteiger charge is -2.28. The molecule has 158 valence electrons. The highest BCUT2D eigenvalue weighted by Gasteiger charge is 2.40. The van der Waals surface area contributed by atoms with E-state index in [0.29, 0.717) is 11.8 Å². The van der Waals surface area contributed by atoms with Gasteiger partial charge in [0, 0.05) is 5.39 Å². The van der Waals surface area contributed by atoms with Crippen LogP contribution in [0.5, 0.6) is 0 Å². The highest BCUT2D eigenvalue weighted by Crippen LogP contribution is 2.29. The highest BCUT2D eigenvalue weighted by atomic mass is 32.2. The van der Waals surface area contributed by atoms with Crippen LogP contribution < -0.4 is 11.1 Å². The van der Waals surface area contributed by atoms with Gasteiger partial charge in [0.25, 0.3) is 0 Å². The van der Waals surface area contributed by atoms with Crippen molar-refractivity contribution in [2.75, 3.05) is 7.05 Å². The number of aliphatic carboxylic acids is 1. The molecule has 0 radical (unpaired) electrons. The zero-order chi connectivity index (χ0) is 21.6. The van der Waals surface area contributed by atoms with Gasteiger partial charge in [0.2, 0.25) is 0 Å². The average molecular weight is 421 g/mol. The van der Waals surface area contributed by atoms with Crippen molar-refractivity contribution >= 4 is 32.4 Å². The van der Waals surface area contributed by atoms with Crippen LogP contribution in [0, 0.1) is 0 Å². The summed E-state index contributed by atoms with van der Waals surface area (Å²) in [5.41, 5.74) is 5.77. The summed E-state index contributed by atoms with van der Waals surface area (Å²) in [6, 6.07) is 9.85. The smallest absolute Gasteiger partial charge is 0.305 e. The van der Waals surface area contributed by atoms with Crippen molar-refractivity contribution in [2.45, 2.75) is 54.8 Å². The van der Waals surface area contributed by atoms with Crippen LogP contribution in [-0.4, -0.2) is 49.7 Å². The Morgan fingerprint density at radius 3 is 2.41 bits per heavy atom. The van der Waals surface area contributed by atoms with Crippen molar-refractivity contribution in [1.29, 1.82) is 0 Å². The Balaban J connectivity index is 2.53. The minimum absolute atomic E-state index is 0.163. The minimum Gasteiger partial charge on any atom is -0.481 e. The number of carbonyl (C=O) groups is 2. The second-order valence-corrected chi connectivity index (χ2v) is 9.21. The average Bonchev–Trinajstić information content (AvgIpc) is 2.69. The monoisotopic (exact) mass is 420 g/mol. The highest BCUT2D eigenvalue weighted by molar-refractivity contribution is 7.92. The van der Waals surface area contributed by atoms with Crippen molar-refractivity contribution in [3.63, 3.8) is 0 Å². The van der Waals surface area contributed by atoms with Crippen LogP contribution in [-0.2, 0) is 19.4 Å². The molecule has 0 bridgehead atoms. The van der Waals surface area contributed by atoms with Crippen molar-refractivity contribution in [2.24, 2.45) is 5.73 Å². The predicted octanol–water partition coefficient (Wildman–Crippen LogP) is 2.13. The molecule has 0 fully saturated rings. The number of carboxylic acids is 1. The van der Waals surface area contributed by atoms with Crippen molar-refractivity contribution in [3.05, 3.63) is 42.5 Å². The Kier molecular flexibility index (Phi) is 7.89. The van der Waals surface area contributed by atoms with Gasteiger partial charge in [0.1, 0.15) is 0 Å². The molecule has 7 nitrogen and oxygen atoms in total. The van der Waals surface area contributed by atoms with Gasteiger partial charge < -0.3 is 16.2 Å². The summed E-state index contributed by atoms with van der Waals surface area (Å²) in [5, 5.41) is 12.1. The van der Waals surface area contributed by atoms with Crippen molar-refractivity contribution < 1.29 is 23.1 Å². The van der Waals surface area contributed by atoms with Gasteiger partial charge in [-0.15, -0.1) is 0 Å². The predicted molar refractivity (Wildman–Crippen MR) is 113 cm³/mol. The summed E-state index contributed by atoms with van der Waals surface area (Å²) in [5.74, 6) is -1.82. The summed E-state index contributed by atoms with van der Waals surface area (Å²) in [4.78, 5) is 24.0. The number of benzene rings is 2. The molecule has 0 aromatic heterocycles. The summed E-state index contributed by atoms with van der Waals surface area (Å²) < 4.78 is 27.3. The fourth-order valence-corrected chi connectivity index (χ4v) is 5.74. The second kappa shape index (κ2) is 9.96. The number of Topliss-reactive ketones (excluding diaryl/α,β-unsaturated/α-hetero) is 1. The number of ketones is 1. The molecule has 0 spiro atoms. The van der Waals surface area contributed by atoms with E-state index in [1.54, 1.807) is 24.3 Å². The Morgan fingerprint density at radius 1 is 1.14 bits per heavy atom. The lowest BCUT2D eigenvalue weighted by Crippen LogP contribution is -2.54. The van der Waals surface area contributed by atoms with E-state index in [9.17, 15) is 18.0 Å². The third kappa shape index (κ3) is 5.20. The molecule has 0 aliphatic carbocycles. The molecule has 4 N–H and O–H groups in total. The first kappa shape index (κ1) is 23.0. The van der Waals surface area contributed by atoms with E-state index < -0.39 is 45.3 Å². The third-order valence-corrected chi connectivity index (χ3v) is 7.32. The van der Waals surface area contributed by atoms with E-state index >= 15 is 0 Å². The van der Waals surface area contributed by atoms with Crippen LogP contribution in [0.4, 0.5) is 0 Å². The van der Waals surface area contributed by atoms with Crippen LogP contribution in [0.25, 0.3) is 10.8 Å². The fourth-order valence-electron chi connectivity index (χ4n) is 3.54. The molecule has 2 unspecified atom stereocenters. The fraction of sp³-hybridized carbons (Fsp3) is 0.429. The van der Waals surface area contributed by atoms with Gasteiger partial charge in [-0.25, -0.2) is 8.42 Å². The van der Waals surface area contributed by atoms with Gasteiger partial charge in [-0.3, -0.25) is 9.59 Å². The molecule has 2 rings (SSSR count). The number of nitrogens with two attached hydrogens (primary N) is 1. The normalized spacial score (nSPS) is 15.0. The van der Waals surface area contributed by atoms with E-state index in [4.69, 9.17) is 10.8 Å². The lowest BCUT2D eigenvalue weighted by atomic mass is 9.97. The number of fused-ring (bicyclic) bond motifs is 1. The first-order valence-corrected chi connectivity index (χ1v) is 11.2. The largest absolute Gasteiger partial charge is 0.481 e. The molecule has 0 saturated heterocycles. The standard InChI is InChI=1S/C21H28N2O5S/c1-3-4-11-18(20(23-2)21(26)16(22)13-19(24)25)29(27,28)17-12-7-9-14-8-5-6-10-15(14)17/h5-10,12,16,18,20,23H,3-4,11,13,22H2,1-2H3,(H,24,25)/t16-,18?,20?/m0/s1. The van der Waals surface area contributed by atoms with Gasteiger partial charge in [-0.1, -0.05) is 56.2 Å². The van der Waals surface area contributed by atoms with Crippen molar-refractivity contribution in [1.82, 2.24) is 5.32 Å². The summed E-state index contributed by atoms with van der Waals surface area (Å²) >= 11 is 0. The minimum atomic E-state index is -3.90. The van der Waals surface area contributed by atoms with Crippen LogP contribution in [0.2, 0.25) is 0 Å². The number of carbonyl (C=O) groups excluding carboxylic acids is 1. The number of hydrogen-bond donors (Lipinski definition) is 3. The number of unbranched alkanes of at least 4 members (excludes halogenated alkanes) is 1. The molecule has 0 amide bonds. The maximum absolute atomic E-state index is 13.7. The molecule has 2 aromatic rings. The van der Waals surface area contributed by atoms with Gasteiger partial charge in [0.05, 0.1) is 28.6 Å². The van der Waals surface area contributed by atoms with E-state index in [2.05, 4.69) is 5.32 Å². The van der Waals surface area contributed by atoms with Gasteiger partial charge in [0.15, 0.2) is 15.6 Å². The van der Waals surface area contributed by atoms with Crippen LogP contribution in [0.1, 0.15) is 32.6 Å².